The monoisotopic (exact) mass is 306 g/mol. The second kappa shape index (κ2) is 6.32. The SMILES string of the molecule is N#Cc1c(Cc2ccccc2)nn(Cc2ccccc2F)c1N. The summed E-state index contributed by atoms with van der Waals surface area (Å²) in [5.74, 6) is -0.0489. The van der Waals surface area contributed by atoms with Gasteiger partial charge < -0.3 is 5.73 Å². The maximum absolute atomic E-state index is 13.8. The number of hydrogen-bond acceptors (Lipinski definition) is 3. The highest BCUT2D eigenvalue weighted by Crippen LogP contribution is 2.21. The number of halogens is 1. The van der Waals surface area contributed by atoms with Gasteiger partial charge in [-0.3, -0.25) is 0 Å². The Morgan fingerprint density at radius 3 is 2.48 bits per heavy atom. The smallest absolute Gasteiger partial charge is 0.140 e. The van der Waals surface area contributed by atoms with Crippen LogP contribution in [0.4, 0.5) is 10.2 Å². The summed E-state index contributed by atoms with van der Waals surface area (Å²) in [6.07, 6.45) is 0.512. The van der Waals surface area contributed by atoms with E-state index >= 15 is 0 Å². The van der Waals surface area contributed by atoms with Crippen molar-refractivity contribution in [1.82, 2.24) is 9.78 Å². The zero-order valence-electron chi connectivity index (χ0n) is 12.4. The molecule has 23 heavy (non-hydrogen) atoms. The standard InChI is InChI=1S/C18H15FN4/c19-16-9-5-4-8-14(16)12-23-18(21)15(11-20)17(22-23)10-13-6-2-1-3-7-13/h1-9H,10,12,21H2. The summed E-state index contributed by atoms with van der Waals surface area (Å²) in [7, 11) is 0. The number of hydrogen-bond donors (Lipinski definition) is 1. The van der Waals surface area contributed by atoms with Gasteiger partial charge in [0, 0.05) is 12.0 Å². The molecule has 3 aromatic rings. The van der Waals surface area contributed by atoms with Gasteiger partial charge in [0.25, 0.3) is 0 Å². The first kappa shape index (κ1) is 14.8. The fraction of sp³-hybridized carbons (Fsp3) is 0.111. The Labute approximate surface area is 133 Å². The minimum atomic E-state index is -0.314. The van der Waals surface area contributed by atoms with Crippen LogP contribution in [-0.4, -0.2) is 9.78 Å². The van der Waals surface area contributed by atoms with E-state index in [0.29, 0.717) is 23.2 Å². The highest BCUT2D eigenvalue weighted by molar-refractivity contribution is 5.53. The second-order valence-corrected chi connectivity index (χ2v) is 5.23. The van der Waals surface area contributed by atoms with Crippen molar-refractivity contribution in [2.24, 2.45) is 0 Å². The van der Waals surface area contributed by atoms with Crippen molar-refractivity contribution in [3.63, 3.8) is 0 Å². The normalized spacial score (nSPS) is 10.4. The fourth-order valence-electron chi connectivity index (χ4n) is 2.47. The van der Waals surface area contributed by atoms with Crippen LogP contribution >= 0.6 is 0 Å². The van der Waals surface area contributed by atoms with E-state index < -0.39 is 0 Å². The summed E-state index contributed by atoms with van der Waals surface area (Å²) >= 11 is 0. The van der Waals surface area contributed by atoms with Crippen LogP contribution in [-0.2, 0) is 13.0 Å². The maximum Gasteiger partial charge on any atom is 0.140 e. The molecule has 0 bridgehead atoms. The molecule has 0 fully saturated rings. The van der Waals surface area contributed by atoms with Gasteiger partial charge >= 0.3 is 0 Å². The van der Waals surface area contributed by atoms with Crippen molar-refractivity contribution in [3.05, 3.63) is 82.8 Å². The molecule has 114 valence electrons. The summed E-state index contributed by atoms with van der Waals surface area (Å²) < 4.78 is 15.3. The zero-order chi connectivity index (χ0) is 16.2. The van der Waals surface area contributed by atoms with Crippen LogP contribution in [0.1, 0.15) is 22.4 Å². The lowest BCUT2D eigenvalue weighted by Gasteiger charge is -2.05. The number of rotatable bonds is 4. The molecular formula is C18H15FN4. The molecule has 0 unspecified atom stereocenters. The lowest BCUT2D eigenvalue weighted by atomic mass is 10.1. The van der Waals surface area contributed by atoms with Gasteiger partial charge in [-0.2, -0.15) is 10.4 Å². The molecule has 2 aromatic carbocycles. The minimum Gasteiger partial charge on any atom is -0.383 e. The van der Waals surface area contributed by atoms with Gasteiger partial charge in [0.15, 0.2) is 0 Å². The lowest BCUT2D eigenvalue weighted by Crippen LogP contribution is -2.07. The van der Waals surface area contributed by atoms with Gasteiger partial charge in [0.1, 0.15) is 23.3 Å². The molecule has 1 aromatic heterocycles. The number of aromatic nitrogens is 2. The topological polar surface area (TPSA) is 67.6 Å². The van der Waals surface area contributed by atoms with Crippen LogP contribution in [0.5, 0.6) is 0 Å². The Balaban J connectivity index is 1.94. The Hall–Kier alpha value is -3.13. The molecule has 0 aliphatic heterocycles. The number of anilines is 1. The number of nitrogens with zero attached hydrogens (tertiary/aromatic N) is 3. The maximum atomic E-state index is 13.8. The molecule has 0 atom stereocenters. The summed E-state index contributed by atoms with van der Waals surface area (Å²) in [4.78, 5) is 0. The lowest BCUT2D eigenvalue weighted by molar-refractivity contribution is 0.586. The first-order valence-electron chi connectivity index (χ1n) is 7.21. The van der Waals surface area contributed by atoms with Crippen molar-refractivity contribution in [3.8, 4) is 6.07 Å². The minimum absolute atomic E-state index is 0.196. The number of nitriles is 1. The molecule has 0 radical (unpaired) electrons. The van der Waals surface area contributed by atoms with E-state index in [0.717, 1.165) is 5.56 Å². The van der Waals surface area contributed by atoms with Crippen LogP contribution in [0, 0.1) is 17.1 Å². The fourth-order valence-corrected chi connectivity index (χ4v) is 2.47. The van der Waals surface area contributed by atoms with Crippen molar-refractivity contribution >= 4 is 5.82 Å². The van der Waals surface area contributed by atoms with Crippen LogP contribution in [0.2, 0.25) is 0 Å². The molecule has 0 saturated carbocycles. The quantitative estimate of drug-likeness (QED) is 0.805. The van der Waals surface area contributed by atoms with E-state index in [-0.39, 0.29) is 18.2 Å². The van der Waals surface area contributed by atoms with Gasteiger partial charge in [-0.15, -0.1) is 0 Å². The van der Waals surface area contributed by atoms with E-state index in [4.69, 9.17) is 5.73 Å². The van der Waals surface area contributed by atoms with Gasteiger partial charge in [0.2, 0.25) is 0 Å². The van der Waals surface area contributed by atoms with Crippen LogP contribution in [0.25, 0.3) is 0 Å². The average molecular weight is 306 g/mol. The first-order chi connectivity index (χ1) is 11.2. The highest BCUT2D eigenvalue weighted by Gasteiger charge is 2.16. The predicted molar refractivity (Wildman–Crippen MR) is 86.1 cm³/mol. The van der Waals surface area contributed by atoms with Gasteiger partial charge in [0.05, 0.1) is 12.2 Å². The van der Waals surface area contributed by atoms with Crippen LogP contribution in [0.15, 0.2) is 54.6 Å². The molecule has 0 aliphatic rings. The molecule has 1 heterocycles. The third-order valence-corrected chi connectivity index (χ3v) is 3.67. The average Bonchev–Trinajstić information content (AvgIpc) is 2.85. The van der Waals surface area contributed by atoms with Crippen molar-refractivity contribution < 1.29 is 4.39 Å². The molecule has 0 aliphatic carbocycles. The molecule has 0 amide bonds. The molecule has 5 heteroatoms. The van der Waals surface area contributed by atoms with Gasteiger partial charge in [-0.1, -0.05) is 48.5 Å². The van der Waals surface area contributed by atoms with E-state index in [9.17, 15) is 9.65 Å². The van der Waals surface area contributed by atoms with Crippen molar-refractivity contribution in [2.75, 3.05) is 5.73 Å². The van der Waals surface area contributed by atoms with Crippen molar-refractivity contribution in [1.29, 1.82) is 5.26 Å². The molecular weight excluding hydrogens is 291 g/mol. The third kappa shape index (κ3) is 3.06. The van der Waals surface area contributed by atoms with E-state index in [2.05, 4.69) is 11.2 Å². The van der Waals surface area contributed by atoms with E-state index in [1.165, 1.54) is 10.7 Å². The first-order valence-corrected chi connectivity index (χ1v) is 7.21. The van der Waals surface area contributed by atoms with Crippen LogP contribution < -0.4 is 5.73 Å². The molecule has 3 rings (SSSR count). The van der Waals surface area contributed by atoms with Gasteiger partial charge in [-0.25, -0.2) is 9.07 Å². The Morgan fingerprint density at radius 1 is 1.09 bits per heavy atom. The molecule has 4 nitrogen and oxygen atoms in total. The largest absolute Gasteiger partial charge is 0.383 e. The Bertz CT molecular complexity index is 862. The predicted octanol–water partition coefficient (Wildman–Crippen LogP) is 3.12. The summed E-state index contributed by atoms with van der Waals surface area (Å²) in [6, 6.07) is 18.3. The van der Waals surface area contributed by atoms with Gasteiger partial charge in [-0.05, 0) is 11.6 Å². The third-order valence-electron chi connectivity index (χ3n) is 3.67. The number of nitrogens with two attached hydrogens (primary N) is 1. The van der Waals surface area contributed by atoms with E-state index in [1.807, 2.05) is 30.3 Å². The number of nitrogen functional groups attached to an aromatic ring is 1. The van der Waals surface area contributed by atoms with Crippen molar-refractivity contribution in [2.45, 2.75) is 13.0 Å². The highest BCUT2D eigenvalue weighted by atomic mass is 19.1. The summed E-state index contributed by atoms with van der Waals surface area (Å²) in [6.45, 7) is 0.196. The molecule has 0 spiro atoms. The van der Waals surface area contributed by atoms with Crippen LogP contribution in [0.3, 0.4) is 0 Å². The molecule has 0 saturated heterocycles. The molecule has 2 N–H and O–H groups in total. The van der Waals surface area contributed by atoms with E-state index in [1.54, 1.807) is 18.2 Å². The Kier molecular flexibility index (Phi) is 4.07. The Morgan fingerprint density at radius 2 is 1.78 bits per heavy atom. The zero-order valence-corrected chi connectivity index (χ0v) is 12.4. The number of benzene rings is 2. The summed E-state index contributed by atoms with van der Waals surface area (Å²) in [5, 5.41) is 13.8. The second-order valence-electron chi connectivity index (χ2n) is 5.23. The summed E-state index contributed by atoms with van der Waals surface area (Å²) in [5.41, 5.74) is 8.50.